The Morgan fingerprint density at radius 3 is 2.85 bits per heavy atom. The molecule has 1 N–H and O–H groups in total. The summed E-state index contributed by atoms with van der Waals surface area (Å²) in [5.41, 5.74) is 0.749. The Kier molecular flexibility index (Phi) is 4.39. The molecule has 134 valence electrons. The van der Waals surface area contributed by atoms with Crippen molar-refractivity contribution in [3.8, 4) is 5.75 Å². The van der Waals surface area contributed by atoms with E-state index in [2.05, 4.69) is 10.3 Å². The second-order valence-corrected chi connectivity index (χ2v) is 6.77. The van der Waals surface area contributed by atoms with Crippen molar-refractivity contribution in [2.45, 2.75) is 0 Å². The summed E-state index contributed by atoms with van der Waals surface area (Å²) < 4.78 is 6.31. The maximum atomic E-state index is 12.1. The maximum absolute atomic E-state index is 12.1. The molecule has 4 aromatic rings. The molecule has 0 saturated heterocycles. The van der Waals surface area contributed by atoms with Gasteiger partial charge in [0.15, 0.2) is 11.7 Å². The second kappa shape index (κ2) is 7.00. The highest BCUT2D eigenvalue weighted by molar-refractivity contribution is 7.22. The number of rotatable bonds is 5. The van der Waals surface area contributed by atoms with E-state index in [1.165, 1.54) is 29.5 Å². The van der Waals surface area contributed by atoms with Crippen molar-refractivity contribution in [2.75, 3.05) is 11.9 Å². The molecule has 0 unspecified atom stereocenters. The Hall–Kier alpha value is -3.52. The zero-order valence-electron chi connectivity index (χ0n) is 13.9. The second-order valence-electron chi connectivity index (χ2n) is 5.74. The molecule has 27 heavy (non-hydrogen) atoms. The van der Waals surface area contributed by atoms with Gasteiger partial charge in [0.1, 0.15) is 5.75 Å². The molecule has 1 amide bonds. The first-order valence-electron chi connectivity index (χ1n) is 8.05. The van der Waals surface area contributed by atoms with Crippen LogP contribution in [0.5, 0.6) is 5.75 Å². The third-order valence-corrected chi connectivity index (χ3v) is 4.86. The third kappa shape index (κ3) is 3.56. The van der Waals surface area contributed by atoms with Crippen LogP contribution in [-0.2, 0) is 4.79 Å². The fourth-order valence-electron chi connectivity index (χ4n) is 2.71. The van der Waals surface area contributed by atoms with E-state index in [-0.39, 0.29) is 24.0 Å². The molecule has 1 heterocycles. The van der Waals surface area contributed by atoms with E-state index in [0.29, 0.717) is 5.13 Å². The molecule has 4 rings (SSSR count). The number of amides is 1. The molecule has 3 aromatic carbocycles. The molecule has 0 spiro atoms. The number of fused-ring (bicyclic) bond motifs is 3. The Labute approximate surface area is 157 Å². The van der Waals surface area contributed by atoms with Crippen molar-refractivity contribution in [3.63, 3.8) is 0 Å². The van der Waals surface area contributed by atoms with Gasteiger partial charge in [0.25, 0.3) is 11.6 Å². The van der Waals surface area contributed by atoms with Crippen molar-refractivity contribution in [3.05, 3.63) is 70.8 Å². The fourth-order valence-corrected chi connectivity index (χ4v) is 3.60. The van der Waals surface area contributed by atoms with Gasteiger partial charge in [0.05, 0.1) is 21.2 Å². The Balaban J connectivity index is 1.47. The molecule has 0 aliphatic carbocycles. The molecule has 0 bridgehead atoms. The van der Waals surface area contributed by atoms with Gasteiger partial charge in [-0.2, -0.15) is 0 Å². The minimum absolute atomic E-state index is 0.0917. The van der Waals surface area contributed by atoms with E-state index in [1.54, 1.807) is 6.07 Å². The van der Waals surface area contributed by atoms with Gasteiger partial charge in [-0.25, -0.2) is 4.98 Å². The molecular formula is C19H13N3O4S. The van der Waals surface area contributed by atoms with Gasteiger partial charge in [-0.15, -0.1) is 0 Å². The number of ether oxygens (including phenoxy) is 1. The Morgan fingerprint density at radius 2 is 2.00 bits per heavy atom. The summed E-state index contributed by atoms with van der Waals surface area (Å²) in [6.45, 7) is -0.266. The number of carbonyl (C=O) groups excluding carboxylic acids is 1. The summed E-state index contributed by atoms with van der Waals surface area (Å²) in [5, 5.41) is 16.1. The molecule has 0 radical (unpaired) electrons. The van der Waals surface area contributed by atoms with E-state index < -0.39 is 4.92 Å². The van der Waals surface area contributed by atoms with Crippen LogP contribution in [0, 0.1) is 10.1 Å². The summed E-state index contributed by atoms with van der Waals surface area (Å²) in [5.74, 6) is -0.125. The molecule has 8 heteroatoms. The highest BCUT2D eigenvalue weighted by Gasteiger charge is 2.12. The number of anilines is 1. The number of carbonyl (C=O) groups is 1. The lowest BCUT2D eigenvalue weighted by Gasteiger charge is -2.05. The van der Waals surface area contributed by atoms with Gasteiger partial charge in [-0.05, 0) is 17.5 Å². The van der Waals surface area contributed by atoms with E-state index in [0.717, 1.165) is 21.0 Å². The zero-order valence-corrected chi connectivity index (χ0v) is 14.7. The van der Waals surface area contributed by atoms with Crippen LogP contribution in [0.15, 0.2) is 60.7 Å². The monoisotopic (exact) mass is 379 g/mol. The largest absolute Gasteiger partial charge is 0.484 e. The van der Waals surface area contributed by atoms with E-state index >= 15 is 0 Å². The standard InChI is InChI=1S/C19H13N3O4S/c23-17(11-26-14-6-3-5-13(10-14)22(24)25)20-19-21-18-15-7-2-1-4-12(15)8-9-16(18)27-19/h1-10H,11H2,(H,20,21,23). The van der Waals surface area contributed by atoms with Crippen molar-refractivity contribution >= 4 is 49.1 Å². The predicted molar refractivity (Wildman–Crippen MR) is 104 cm³/mol. The van der Waals surface area contributed by atoms with E-state index in [4.69, 9.17) is 4.74 Å². The van der Waals surface area contributed by atoms with Crippen LogP contribution in [0.1, 0.15) is 0 Å². The topological polar surface area (TPSA) is 94.4 Å². The van der Waals surface area contributed by atoms with Gasteiger partial charge >= 0.3 is 0 Å². The first-order valence-corrected chi connectivity index (χ1v) is 8.87. The van der Waals surface area contributed by atoms with Gasteiger partial charge < -0.3 is 4.74 Å². The number of non-ortho nitro benzene ring substituents is 1. The lowest BCUT2D eigenvalue weighted by Crippen LogP contribution is -2.20. The molecule has 0 aliphatic heterocycles. The number of hydrogen-bond acceptors (Lipinski definition) is 6. The van der Waals surface area contributed by atoms with Crippen LogP contribution in [-0.4, -0.2) is 22.4 Å². The van der Waals surface area contributed by atoms with Crippen molar-refractivity contribution in [1.29, 1.82) is 0 Å². The number of benzene rings is 3. The highest BCUT2D eigenvalue weighted by Crippen LogP contribution is 2.31. The molecule has 0 saturated carbocycles. The number of nitrogens with zero attached hydrogens (tertiary/aromatic N) is 2. The average Bonchev–Trinajstić information content (AvgIpc) is 3.09. The lowest BCUT2D eigenvalue weighted by molar-refractivity contribution is -0.384. The molecule has 0 aliphatic rings. The van der Waals surface area contributed by atoms with Crippen molar-refractivity contribution in [2.24, 2.45) is 0 Å². The van der Waals surface area contributed by atoms with Gasteiger partial charge in [-0.3, -0.25) is 20.2 Å². The number of thiazole rings is 1. The quantitative estimate of drug-likeness (QED) is 0.410. The average molecular weight is 379 g/mol. The Bertz CT molecular complexity index is 1170. The molecule has 0 fully saturated rings. The smallest absolute Gasteiger partial charge is 0.273 e. The number of nitro benzene ring substituents is 1. The first-order chi connectivity index (χ1) is 13.1. The van der Waals surface area contributed by atoms with E-state index in [9.17, 15) is 14.9 Å². The highest BCUT2D eigenvalue weighted by atomic mass is 32.1. The maximum Gasteiger partial charge on any atom is 0.273 e. The number of hydrogen-bond donors (Lipinski definition) is 1. The number of nitro groups is 1. The SMILES string of the molecule is O=C(COc1cccc([N+](=O)[O-])c1)Nc1nc2c(ccc3ccccc32)s1. The fraction of sp³-hybridized carbons (Fsp3) is 0.0526. The minimum Gasteiger partial charge on any atom is -0.484 e. The number of aromatic nitrogens is 1. The van der Waals surface area contributed by atoms with Crippen LogP contribution >= 0.6 is 11.3 Å². The number of nitrogens with one attached hydrogen (secondary N) is 1. The van der Waals surface area contributed by atoms with Crippen LogP contribution < -0.4 is 10.1 Å². The molecule has 1 aromatic heterocycles. The lowest BCUT2D eigenvalue weighted by atomic mass is 10.1. The normalized spacial score (nSPS) is 10.8. The summed E-state index contributed by atoms with van der Waals surface area (Å²) in [6, 6.07) is 17.6. The molecular weight excluding hydrogens is 366 g/mol. The summed E-state index contributed by atoms with van der Waals surface area (Å²) >= 11 is 1.38. The van der Waals surface area contributed by atoms with Gasteiger partial charge in [0.2, 0.25) is 0 Å². The summed E-state index contributed by atoms with van der Waals surface area (Å²) in [7, 11) is 0. The Morgan fingerprint density at radius 1 is 1.15 bits per heavy atom. The van der Waals surface area contributed by atoms with Gasteiger partial charge in [0, 0.05) is 11.5 Å². The summed E-state index contributed by atoms with van der Waals surface area (Å²) in [4.78, 5) is 26.9. The predicted octanol–water partition coefficient (Wildman–Crippen LogP) is 4.38. The molecule has 0 atom stereocenters. The van der Waals surface area contributed by atoms with Crippen molar-refractivity contribution < 1.29 is 14.5 Å². The van der Waals surface area contributed by atoms with Crippen molar-refractivity contribution in [1.82, 2.24) is 4.98 Å². The van der Waals surface area contributed by atoms with Crippen LogP contribution in [0.2, 0.25) is 0 Å². The molecule has 7 nitrogen and oxygen atoms in total. The zero-order chi connectivity index (χ0) is 18.8. The van der Waals surface area contributed by atoms with E-state index in [1.807, 2.05) is 36.4 Å². The first kappa shape index (κ1) is 16.9. The minimum atomic E-state index is -0.516. The summed E-state index contributed by atoms with van der Waals surface area (Å²) in [6.07, 6.45) is 0. The van der Waals surface area contributed by atoms with Crippen LogP contribution in [0.4, 0.5) is 10.8 Å². The third-order valence-electron chi connectivity index (χ3n) is 3.93. The van der Waals surface area contributed by atoms with Gasteiger partial charge in [-0.1, -0.05) is 47.7 Å². The van der Waals surface area contributed by atoms with Crippen LogP contribution in [0.25, 0.3) is 21.0 Å². The van der Waals surface area contributed by atoms with Crippen LogP contribution in [0.3, 0.4) is 0 Å².